The van der Waals surface area contributed by atoms with Gasteiger partial charge in [0.25, 0.3) is 0 Å². The number of benzene rings is 2. The predicted octanol–water partition coefficient (Wildman–Crippen LogP) is 2.20. The van der Waals surface area contributed by atoms with Crippen molar-refractivity contribution in [2.45, 2.75) is 0 Å². The van der Waals surface area contributed by atoms with Gasteiger partial charge in [-0.25, -0.2) is 16.8 Å². The van der Waals surface area contributed by atoms with E-state index >= 15 is 0 Å². The normalized spacial score (nSPS) is 11.9. The molecule has 0 aliphatic heterocycles. The molecule has 0 radical (unpaired) electrons. The molecule has 0 aromatic heterocycles. The number of sulfonamides is 2. The average molecular weight is 341 g/mol. The highest BCUT2D eigenvalue weighted by Crippen LogP contribution is 2.34. The Bertz CT molecular complexity index is 829. The standard InChI is InChI=1S/C14H15NO5S2/c1-21(16,17)15(22(2,18)19)13-10-6-7-11-14(13)20-12-8-4-3-5-9-12/h3-11H,1-2H3. The predicted molar refractivity (Wildman–Crippen MR) is 85.1 cm³/mol. The van der Waals surface area contributed by atoms with Crippen LogP contribution in [0.4, 0.5) is 5.69 Å². The highest BCUT2D eigenvalue weighted by Gasteiger charge is 2.29. The SMILES string of the molecule is CS(=O)(=O)N(c1ccccc1Oc1ccccc1)S(C)(=O)=O. The molecule has 0 bridgehead atoms. The quantitative estimate of drug-likeness (QED) is 0.833. The lowest BCUT2D eigenvalue weighted by molar-refractivity contribution is 0.483. The Labute approximate surface area is 130 Å². The molecule has 2 rings (SSSR count). The minimum Gasteiger partial charge on any atom is -0.455 e. The van der Waals surface area contributed by atoms with E-state index in [0.29, 0.717) is 9.46 Å². The average Bonchev–Trinajstić information content (AvgIpc) is 2.39. The van der Waals surface area contributed by atoms with Crippen molar-refractivity contribution in [3.63, 3.8) is 0 Å². The molecular weight excluding hydrogens is 326 g/mol. The van der Waals surface area contributed by atoms with Crippen LogP contribution in [0.5, 0.6) is 11.5 Å². The summed E-state index contributed by atoms with van der Waals surface area (Å²) >= 11 is 0. The number of rotatable bonds is 5. The van der Waals surface area contributed by atoms with Crippen molar-refractivity contribution in [2.75, 3.05) is 16.2 Å². The maximum Gasteiger partial charge on any atom is 0.245 e. The van der Waals surface area contributed by atoms with Crippen molar-refractivity contribution in [1.82, 2.24) is 0 Å². The largest absolute Gasteiger partial charge is 0.455 e. The Morgan fingerprint density at radius 2 is 1.27 bits per heavy atom. The molecule has 0 aliphatic rings. The van der Waals surface area contributed by atoms with Gasteiger partial charge in [-0.1, -0.05) is 30.3 Å². The summed E-state index contributed by atoms with van der Waals surface area (Å²) in [5.74, 6) is 0.599. The molecule has 8 heteroatoms. The van der Waals surface area contributed by atoms with Gasteiger partial charge in [-0.3, -0.25) is 0 Å². The van der Waals surface area contributed by atoms with Crippen molar-refractivity contribution in [3.05, 3.63) is 54.6 Å². The van der Waals surface area contributed by atoms with Crippen LogP contribution in [0, 0.1) is 0 Å². The second kappa shape index (κ2) is 5.98. The summed E-state index contributed by atoms with van der Waals surface area (Å²) in [7, 11) is -8.05. The molecule has 0 N–H and O–H groups in total. The lowest BCUT2D eigenvalue weighted by Gasteiger charge is -2.22. The van der Waals surface area contributed by atoms with E-state index < -0.39 is 20.0 Å². The summed E-state index contributed by atoms with van der Waals surface area (Å²) in [6, 6.07) is 14.7. The minimum absolute atomic E-state index is 0.0589. The van der Waals surface area contributed by atoms with E-state index in [1.54, 1.807) is 36.4 Å². The second-order valence-corrected chi connectivity index (χ2v) is 8.50. The van der Waals surface area contributed by atoms with E-state index in [4.69, 9.17) is 4.74 Å². The fraction of sp³-hybridized carbons (Fsp3) is 0.143. The fourth-order valence-corrected chi connectivity index (χ4v) is 4.90. The van der Waals surface area contributed by atoms with Gasteiger partial charge in [-0.15, -0.1) is 0 Å². The van der Waals surface area contributed by atoms with Gasteiger partial charge in [0.05, 0.1) is 12.5 Å². The lowest BCUT2D eigenvalue weighted by atomic mass is 10.3. The van der Waals surface area contributed by atoms with Crippen molar-refractivity contribution in [3.8, 4) is 11.5 Å². The number of para-hydroxylation sites is 3. The zero-order valence-corrected chi connectivity index (χ0v) is 13.6. The zero-order valence-electron chi connectivity index (χ0n) is 12.0. The molecule has 118 valence electrons. The molecule has 6 nitrogen and oxygen atoms in total. The lowest BCUT2D eigenvalue weighted by Crippen LogP contribution is -2.35. The first-order valence-corrected chi connectivity index (χ1v) is 9.91. The third-order valence-electron chi connectivity index (χ3n) is 2.64. The molecule has 0 aliphatic carbocycles. The van der Waals surface area contributed by atoms with E-state index in [0.717, 1.165) is 12.5 Å². The zero-order chi connectivity index (χ0) is 16.4. The van der Waals surface area contributed by atoms with Crippen LogP contribution < -0.4 is 8.45 Å². The summed E-state index contributed by atoms with van der Waals surface area (Å²) in [6.07, 6.45) is 1.65. The molecule has 22 heavy (non-hydrogen) atoms. The summed E-state index contributed by atoms with van der Waals surface area (Å²) < 4.78 is 53.5. The van der Waals surface area contributed by atoms with Gasteiger partial charge in [-0.2, -0.15) is 3.71 Å². The van der Waals surface area contributed by atoms with Crippen LogP contribution in [0.2, 0.25) is 0 Å². The van der Waals surface area contributed by atoms with Gasteiger partial charge in [0.2, 0.25) is 20.0 Å². The Kier molecular flexibility index (Phi) is 4.43. The topological polar surface area (TPSA) is 80.8 Å². The highest BCUT2D eigenvalue weighted by atomic mass is 32.3. The Hall–Kier alpha value is -2.06. The van der Waals surface area contributed by atoms with Crippen LogP contribution in [0.3, 0.4) is 0 Å². The van der Waals surface area contributed by atoms with Crippen molar-refractivity contribution >= 4 is 25.7 Å². The van der Waals surface area contributed by atoms with Gasteiger partial charge < -0.3 is 4.74 Å². The van der Waals surface area contributed by atoms with Crippen LogP contribution in [-0.4, -0.2) is 29.3 Å². The molecule has 2 aromatic rings. The number of hydrogen-bond donors (Lipinski definition) is 0. The third-order valence-corrected chi connectivity index (χ3v) is 5.86. The molecule has 0 saturated heterocycles. The van der Waals surface area contributed by atoms with Crippen LogP contribution >= 0.6 is 0 Å². The maximum absolute atomic E-state index is 11.9. The Morgan fingerprint density at radius 3 is 1.82 bits per heavy atom. The highest BCUT2D eigenvalue weighted by molar-refractivity contribution is 8.09. The molecule has 2 aromatic carbocycles. The summed E-state index contributed by atoms with van der Waals surface area (Å²) in [5, 5.41) is 0. The molecule has 0 unspecified atom stereocenters. The van der Waals surface area contributed by atoms with E-state index in [-0.39, 0.29) is 11.4 Å². The molecule has 0 fully saturated rings. The number of anilines is 1. The molecule has 0 atom stereocenters. The van der Waals surface area contributed by atoms with E-state index in [1.807, 2.05) is 0 Å². The van der Waals surface area contributed by atoms with Crippen LogP contribution in [0.15, 0.2) is 54.6 Å². The van der Waals surface area contributed by atoms with Crippen molar-refractivity contribution in [1.29, 1.82) is 0 Å². The van der Waals surface area contributed by atoms with E-state index in [9.17, 15) is 16.8 Å². The van der Waals surface area contributed by atoms with E-state index in [2.05, 4.69) is 0 Å². The van der Waals surface area contributed by atoms with Crippen molar-refractivity contribution in [2.24, 2.45) is 0 Å². The molecule has 0 amide bonds. The summed E-state index contributed by atoms with van der Waals surface area (Å²) in [6.45, 7) is 0. The number of nitrogens with zero attached hydrogens (tertiary/aromatic N) is 1. The second-order valence-electron chi connectivity index (χ2n) is 4.61. The monoisotopic (exact) mass is 341 g/mol. The van der Waals surface area contributed by atoms with Gasteiger partial charge >= 0.3 is 0 Å². The first-order chi connectivity index (χ1) is 10.2. The first-order valence-electron chi connectivity index (χ1n) is 6.22. The molecule has 0 spiro atoms. The maximum atomic E-state index is 11.9. The first kappa shape index (κ1) is 16.3. The van der Waals surface area contributed by atoms with Gasteiger partial charge in [-0.05, 0) is 24.3 Å². The van der Waals surface area contributed by atoms with Gasteiger partial charge in [0, 0.05) is 0 Å². The van der Waals surface area contributed by atoms with Crippen molar-refractivity contribution < 1.29 is 21.6 Å². The smallest absolute Gasteiger partial charge is 0.245 e. The molecular formula is C14H15NO5S2. The van der Waals surface area contributed by atoms with Crippen LogP contribution in [-0.2, 0) is 20.0 Å². The summed E-state index contributed by atoms with van der Waals surface area (Å²) in [5.41, 5.74) is -0.0589. The Balaban J connectivity index is 2.56. The fourth-order valence-electron chi connectivity index (χ4n) is 1.91. The Morgan fingerprint density at radius 1 is 0.773 bits per heavy atom. The molecule has 0 heterocycles. The summed E-state index contributed by atoms with van der Waals surface area (Å²) in [4.78, 5) is 0. The third kappa shape index (κ3) is 3.77. The van der Waals surface area contributed by atoms with Crippen LogP contribution in [0.25, 0.3) is 0 Å². The van der Waals surface area contributed by atoms with Crippen LogP contribution in [0.1, 0.15) is 0 Å². The molecule has 0 saturated carbocycles. The number of hydrogen-bond acceptors (Lipinski definition) is 5. The van der Waals surface area contributed by atoms with Gasteiger partial charge in [0.1, 0.15) is 11.4 Å². The minimum atomic E-state index is -4.03. The van der Waals surface area contributed by atoms with E-state index in [1.165, 1.54) is 18.2 Å². The van der Waals surface area contributed by atoms with Gasteiger partial charge in [0.15, 0.2) is 5.75 Å². The number of ether oxygens (including phenoxy) is 1.